The van der Waals surface area contributed by atoms with Crippen molar-refractivity contribution in [3.63, 3.8) is 0 Å². The zero-order valence-electron chi connectivity index (χ0n) is 16.9. The SMILES string of the molecule is CCCNC(=O)C1CCN(C2=NS(=O)(=O)C(c3ccc(C)cc3)=C2CC)CC1. The first-order valence-corrected chi connectivity index (χ1v) is 11.5. The van der Waals surface area contributed by atoms with Gasteiger partial charge in [-0.25, -0.2) is 0 Å². The van der Waals surface area contributed by atoms with E-state index in [0.717, 1.165) is 17.6 Å². The Balaban J connectivity index is 1.81. The quantitative estimate of drug-likeness (QED) is 0.819. The van der Waals surface area contributed by atoms with Crippen molar-refractivity contribution in [2.24, 2.45) is 10.3 Å². The fourth-order valence-electron chi connectivity index (χ4n) is 3.81. The summed E-state index contributed by atoms with van der Waals surface area (Å²) in [5, 5.41) is 2.96. The number of amidine groups is 1. The van der Waals surface area contributed by atoms with Crippen molar-refractivity contribution in [1.82, 2.24) is 10.2 Å². The summed E-state index contributed by atoms with van der Waals surface area (Å²) in [5.41, 5.74) is 2.55. The van der Waals surface area contributed by atoms with Gasteiger partial charge in [-0.3, -0.25) is 4.79 Å². The molecule has 1 aromatic rings. The van der Waals surface area contributed by atoms with Crippen LogP contribution < -0.4 is 5.32 Å². The van der Waals surface area contributed by atoms with Crippen molar-refractivity contribution < 1.29 is 13.2 Å². The standard InChI is InChI=1S/C21H29N3O3S/c1-4-12-22-21(25)17-10-13-24(14-11-17)20-18(5-2)19(28(26,27)23-20)16-8-6-15(3)7-9-16/h6-9,17H,4-5,10-14H2,1-3H3,(H,22,25). The lowest BCUT2D eigenvalue weighted by molar-refractivity contribution is -0.126. The molecule has 152 valence electrons. The van der Waals surface area contributed by atoms with Crippen molar-refractivity contribution in [1.29, 1.82) is 0 Å². The third-order valence-corrected chi connectivity index (χ3v) is 6.80. The molecule has 0 aromatic heterocycles. The van der Waals surface area contributed by atoms with Gasteiger partial charge in [0, 0.05) is 31.1 Å². The van der Waals surface area contributed by atoms with Crippen molar-refractivity contribution >= 4 is 26.7 Å². The molecule has 2 heterocycles. The molecule has 0 unspecified atom stereocenters. The van der Waals surface area contributed by atoms with E-state index in [-0.39, 0.29) is 11.8 Å². The lowest BCUT2D eigenvalue weighted by Crippen LogP contribution is -2.43. The van der Waals surface area contributed by atoms with Crippen LogP contribution in [0.3, 0.4) is 0 Å². The van der Waals surface area contributed by atoms with Gasteiger partial charge in [0.15, 0.2) is 0 Å². The maximum absolute atomic E-state index is 12.8. The maximum atomic E-state index is 12.8. The van der Waals surface area contributed by atoms with Crippen LogP contribution in [0.15, 0.2) is 34.2 Å². The van der Waals surface area contributed by atoms with E-state index in [2.05, 4.69) is 9.71 Å². The number of sulfonamides is 1. The molecule has 7 heteroatoms. The maximum Gasteiger partial charge on any atom is 0.285 e. The highest BCUT2D eigenvalue weighted by Gasteiger charge is 2.36. The predicted octanol–water partition coefficient (Wildman–Crippen LogP) is 3.10. The number of carbonyl (C=O) groups is 1. The summed E-state index contributed by atoms with van der Waals surface area (Å²) in [6.45, 7) is 7.96. The van der Waals surface area contributed by atoms with E-state index < -0.39 is 10.0 Å². The number of piperidine rings is 1. The topological polar surface area (TPSA) is 78.8 Å². The number of aryl methyl sites for hydroxylation is 1. The van der Waals surface area contributed by atoms with Gasteiger partial charge in [0.05, 0.1) is 0 Å². The Morgan fingerprint density at radius 1 is 1.18 bits per heavy atom. The summed E-state index contributed by atoms with van der Waals surface area (Å²) >= 11 is 0. The second-order valence-corrected chi connectivity index (χ2v) is 9.01. The molecule has 3 rings (SSSR count). The lowest BCUT2D eigenvalue weighted by Gasteiger charge is -2.33. The first kappa shape index (κ1) is 20.6. The highest BCUT2D eigenvalue weighted by atomic mass is 32.2. The van der Waals surface area contributed by atoms with Crippen LogP contribution in [0.2, 0.25) is 0 Å². The second kappa shape index (κ2) is 8.47. The van der Waals surface area contributed by atoms with Crippen LogP contribution in [0.5, 0.6) is 0 Å². The Morgan fingerprint density at radius 2 is 1.82 bits per heavy atom. The number of nitrogens with one attached hydrogen (secondary N) is 1. The van der Waals surface area contributed by atoms with Gasteiger partial charge >= 0.3 is 0 Å². The first-order valence-electron chi connectivity index (χ1n) is 10.1. The second-order valence-electron chi connectivity index (χ2n) is 7.47. The van der Waals surface area contributed by atoms with Crippen molar-refractivity contribution in [3.8, 4) is 0 Å². The van der Waals surface area contributed by atoms with Gasteiger partial charge < -0.3 is 10.2 Å². The van der Waals surface area contributed by atoms with Crippen molar-refractivity contribution in [2.45, 2.75) is 46.5 Å². The number of amides is 1. The summed E-state index contributed by atoms with van der Waals surface area (Å²) in [4.78, 5) is 14.6. The summed E-state index contributed by atoms with van der Waals surface area (Å²) in [6, 6.07) is 7.54. The average Bonchev–Trinajstić information content (AvgIpc) is 2.97. The molecule has 2 aliphatic heterocycles. The van der Waals surface area contributed by atoms with Crippen LogP contribution in [0.1, 0.15) is 50.7 Å². The minimum Gasteiger partial charge on any atom is -0.356 e. The zero-order chi connectivity index (χ0) is 20.3. The molecule has 1 saturated heterocycles. The average molecular weight is 404 g/mol. The molecule has 6 nitrogen and oxygen atoms in total. The minimum absolute atomic E-state index is 0.00737. The van der Waals surface area contributed by atoms with Crippen LogP contribution >= 0.6 is 0 Å². The molecular weight excluding hydrogens is 374 g/mol. The van der Waals surface area contributed by atoms with Gasteiger partial charge in [-0.2, -0.15) is 8.42 Å². The number of hydrogen-bond acceptors (Lipinski definition) is 4. The zero-order valence-corrected chi connectivity index (χ0v) is 17.7. The lowest BCUT2D eigenvalue weighted by atomic mass is 9.94. The van der Waals surface area contributed by atoms with Gasteiger partial charge in [0.25, 0.3) is 10.0 Å². The van der Waals surface area contributed by atoms with Gasteiger partial charge in [-0.05, 0) is 38.2 Å². The van der Waals surface area contributed by atoms with Gasteiger partial charge in [0.2, 0.25) is 5.91 Å². The molecule has 0 saturated carbocycles. The fraction of sp³-hybridized carbons (Fsp3) is 0.524. The van der Waals surface area contributed by atoms with E-state index >= 15 is 0 Å². The first-order chi connectivity index (χ1) is 13.4. The number of hydrogen-bond donors (Lipinski definition) is 1. The smallest absolute Gasteiger partial charge is 0.285 e. The summed E-state index contributed by atoms with van der Waals surface area (Å²) < 4.78 is 29.8. The number of nitrogens with zero attached hydrogens (tertiary/aromatic N) is 2. The number of rotatable bonds is 5. The Hall–Kier alpha value is -2.15. The Bertz CT molecular complexity index is 893. The van der Waals surface area contributed by atoms with Crippen molar-refractivity contribution in [2.75, 3.05) is 19.6 Å². The van der Waals surface area contributed by atoms with Crippen LogP contribution in [0.4, 0.5) is 0 Å². The predicted molar refractivity (Wildman–Crippen MR) is 112 cm³/mol. The summed E-state index contributed by atoms with van der Waals surface area (Å²) in [5.74, 6) is 0.659. The Kier molecular flexibility index (Phi) is 6.23. The largest absolute Gasteiger partial charge is 0.356 e. The van der Waals surface area contributed by atoms with Crippen molar-refractivity contribution in [3.05, 3.63) is 41.0 Å². The Labute approximate surface area is 167 Å². The minimum atomic E-state index is -3.71. The van der Waals surface area contributed by atoms with E-state index in [4.69, 9.17) is 0 Å². The van der Waals surface area contributed by atoms with Crippen LogP contribution in [0.25, 0.3) is 4.91 Å². The van der Waals surface area contributed by atoms with E-state index in [1.54, 1.807) is 0 Å². The molecule has 1 aromatic carbocycles. The molecule has 0 atom stereocenters. The molecule has 0 bridgehead atoms. The molecule has 0 radical (unpaired) electrons. The van der Waals surface area contributed by atoms with Gasteiger partial charge in [0.1, 0.15) is 10.7 Å². The molecule has 1 amide bonds. The number of carbonyl (C=O) groups excluding carboxylic acids is 1. The highest BCUT2D eigenvalue weighted by Crippen LogP contribution is 2.36. The van der Waals surface area contributed by atoms with E-state index in [0.29, 0.717) is 55.2 Å². The van der Waals surface area contributed by atoms with Gasteiger partial charge in [-0.15, -0.1) is 4.40 Å². The molecule has 0 aliphatic carbocycles. The molecule has 1 fully saturated rings. The van der Waals surface area contributed by atoms with Crippen LogP contribution in [0, 0.1) is 12.8 Å². The van der Waals surface area contributed by atoms with E-state index in [1.807, 2.05) is 49.9 Å². The highest BCUT2D eigenvalue weighted by molar-refractivity contribution is 8.00. The van der Waals surface area contributed by atoms with E-state index in [1.165, 1.54) is 0 Å². The molecule has 0 spiro atoms. The molecule has 2 aliphatic rings. The molecule has 1 N–H and O–H groups in total. The number of likely N-dealkylation sites (tertiary alicyclic amines) is 1. The molecule has 28 heavy (non-hydrogen) atoms. The third-order valence-electron chi connectivity index (χ3n) is 5.39. The van der Waals surface area contributed by atoms with Crippen LogP contribution in [-0.4, -0.2) is 44.7 Å². The van der Waals surface area contributed by atoms with Crippen LogP contribution in [-0.2, 0) is 14.8 Å². The Morgan fingerprint density at radius 3 is 2.39 bits per heavy atom. The fourth-order valence-corrected chi connectivity index (χ4v) is 5.34. The monoisotopic (exact) mass is 403 g/mol. The third kappa shape index (κ3) is 4.14. The van der Waals surface area contributed by atoms with Gasteiger partial charge in [-0.1, -0.05) is 43.7 Å². The van der Waals surface area contributed by atoms with E-state index in [9.17, 15) is 13.2 Å². The summed E-state index contributed by atoms with van der Waals surface area (Å²) in [7, 11) is -3.71. The normalized spacial score (nSPS) is 19.7. The summed E-state index contributed by atoms with van der Waals surface area (Å²) in [6.07, 6.45) is 2.95. The molecular formula is C21H29N3O3S. The number of benzene rings is 1.